The van der Waals surface area contributed by atoms with Gasteiger partial charge in [0.25, 0.3) is 5.91 Å². The van der Waals surface area contributed by atoms with Crippen LogP contribution in [0.1, 0.15) is 36.0 Å². The number of likely N-dealkylation sites (N-methyl/N-ethyl adjacent to an activating group) is 2. The zero-order chi connectivity index (χ0) is 14.7. The van der Waals surface area contributed by atoms with E-state index in [9.17, 15) is 4.79 Å². The lowest BCUT2D eigenvalue weighted by atomic mass is 9.88. The second-order valence-electron chi connectivity index (χ2n) is 5.81. The minimum atomic E-state index is 0. The lowest BCUT2D eigenvalue weighted by molar-refractivity contribution is 0.0544. The molecule has 1 amide bonds. The van der Waals surface area contributed by atoms with Crippen molar-refractivity contribution >= 4 is 29.9 Å². The summed E-state index contributed by atoms with van der Waals surface area (Å²) in [6.45, 7) is 0. The molecule has 0 saturated heterocycles. The number of nitrogens with zero attached hydrogens (tertiary/aromatic N) is 2. The average Bonchev–Trinajstić information content (AvgIpc) is 2.45. The van der Waals surface area contributed by atoms with Crippen LogP contribution in [-0.2, 0) is 0 Å². The van der Waals surface area contributed by atoms with E-state index >= 15 is 0 Å². The van der Waals surface area contributed by atoms with Crippen LogP contribution in [0.2, 0.25) is 5.02 Å². The van der Waals surface area contributed by atoms with Gasteiger partial charge in [0.15, 0.2) is 0 Å². The van der Waals surface area contributed by atoms with E-state index in [1.54, 1.807) is 12.1 Å². The molecule has 0 bridgehead atoms. The first-order valence-electron chi connectivity index (χ1n) is 7.20. The lowest BCUT2D eigenvalue weighted by Crippen LogP contribution is -2.51. The summed E-state index contributed by atoms with van der Waals surface area (Å²) in [4.78, 5) is 16.8. The van der Waals surface area contributed by atoms with Gasteiger partial charge >= 0.3 is 0 Å². The quantitative estimate of drug-likeness (QED) is 0.843. The fourth-order valence-electron chi connectivity index (χ4n) is 3.12. The van der Waals surface area contributed by atoms with Crippen LogP contribution in [0.15, 0.2) is 24.3 Å². The number of amides is 1. The van der Waals surface area contributed by atoms with Crippen LogP contribution in [0.25, 0.3) is 0 Å². The predicted octanol–water partition coefficient (Wildman–Crippen LogP) is 3.71. The Morgan fingerprint density at radius 3 is 2.33 bits per heavy atom. The van der Waals surface area contributed by atoms with E-state index in [0.29, 0.717) is 16.6 Å². The fraction of sp³-hybridized carbons (Fsp3) is 0.562. The highest BCUT2D eigenvalue weighted by molar-refractivity contribution is 6.30. The Labute approximate surface area is 138 Å². The van der Waals surface area contributed by atoms with Crippen LogP contribution < -0.4 is 0 Å². The van der Waals surface area contributed by atoms with Gasteiger partial charge in [-0.15, -0.1) is 12.4 Å². The Morgan fingerprint density at radius 2 is 1.76 bits per heavy atom. The number of rotatable bonds is 3. The number of carbonyl (C=O) groups is 1. The topological polar surface area (TPSA) is 23.6 Å². The van der Waals surface area contributed by atoms with Crippen molar-refractivity contribution in [2.45, 2.75) is 37.8 Å². The van der Waals surface area contributed by atoms with Gasteiger partial charge in [-0.2, -0.15) is 0 Å². The average molecular weight is 331 g/mol. The summed E-state index contributed by atoms with van der Waals surface area (Å²) in [6, 6.07) is 7.92. The molecule has 0 aliphatic heterocycles. The third-order valence-electron chi connectivity index (χ3n) is 4.25. The fourth-order valence-corrected chi connectivity index (χ4v) is 3.31. The van der Waals surface area contributed by atoms with Gasteiger partial charge in [-0.05, 0) is 45.1 Å². The van der Waals surface area contributed by atoms with Crippen molar-refractivity contribution in [3.63, 3.8) is 0 Å². The number of hydrogen-bond donors (Lipinski definition) is 0. The minimum Gasteiger partial charge on any atom is -0.337 e. The van der Waals surface area contributed by atoms with Gasteiger partial charge < -0.3 is 9.80 Å². The SMILES string of the molecule is CN(C)[C@@H]1CCCC[C@H]1N(C)C(=O)c1cccc(Cl)c1.Cl. The summed E-state index contributed by atoms with van der Waals surface area (Å²) in [6.07, 6.45) is 4.68. The molecule has 0 N–H and O–H groups in total. The third-order valence-corrected chi connectivity index (χ3v) is 4.48. The van der Waals surface area contributed by atoms with E-state index in [1.807, 2.05) is 24.1 Å². The first-order chi connectivity index (χ1) is 9.50. The molecular formula is C16H24Cl2N2O. The van der Waals surface area contributed by atoms with Crippen molar-refractivity contribution in [1.29, 1.82) is 0 Å². The van der Waals surface area contributed by atoms with E-state index in [4.69, 9.17) is 11.6 Å². The summed E-state index contributed by atoms with van der Waals surface area (Å²) >= 11 is 5.98. The third kappa shape index (κ3) is 4.35. The number of benzene rings is 1. The normalized spacial score (nSPS) is 21.8. The molecule has 3 nitrogen and oxygen atoms in total. The summed E-state index contributed by atoms with van der Waals surface area (Å²) in [5.74, 6) is 0.0613. The van der Waals surface area contributed by atoms with Crippen molar-refractivity contribution in [1.82, 2.24) is 9.80 Å². The van der Waals surface area contributed by atoms with Gasteiger partial charge in [0.2, 0.25) is 0 Å². The summed E-state index contributed by atoms with van der Waals surface area (Å²) in [5, 5.41) is 0.608. The number of hydrogen-bond acceptors (Lipinski definition) is 2. The molecular weight excluding hydrogens is 307 g/mol. The Kier molecular flexibility index (Phi) is 6.98. The summed E-state index contributed by atoms with van der Waals surface area (Å²) in [7, 11) is 6.11. The molecule has 1 aliphatic carbocycles. The van der Waals surface area contributed by atoms with Crippen LogP contribution in [0, 0.1) is 0 Å². The van der Waals surface area contributed by atoms with Gasteiger partial charge in [-0.25, -0.2) is 0 Å². The molecule has 0 aromatic heterocycles. The first-order valence-corrected chi connectivity index (χ1v) is 7.57. The zero-order valence-corrected chi connectivity index (χ0v) is 14.5. The molecule has 1 saturated carbocycles. The molecule has 0 spiro atoms. The Balaban J connectivity index is 0.00000220. The second-order valence-corrected chi connectivity index (χ2v) is 6.25. The summed E-state index contributed by atoms with van der Waals surface area (Å²) < 4.78 is 0. The second kappa shape index (κ2) is 8.02. The maximum atomic E-state index is 12.6. The first kappa shape index (κ1) is 18.3. The van der Waals surface area contributed by atoms with Crippen molar-refractivity contribution in [3.05, 3.63) is 34.9 Å². The Bertz CT molecular complexity index is 479. The molecule has 1 aliphatic rings. The molecule has 5 heteroatoms. The maximum Gasteiger partial charge on any atom is 0.253 e. The van der Waals surface area contributed by atoms with Gasteiger partial charge in [0.05, 0.1) is 0 Å². The van der Waals surface area contributed by atoms with Crippen molar-refractivity contribution < 1.29 is 4.79 Å². The highest BCUT2D eigenvalue weighted by Crippen LogP contribution is 2.26. The van der Waals surface area contributed by atoms with Crippen LogP contribution in [0.3, 0.4) is 0 Å². The molecule has 2 rings (SSSR count). The molecule has 0 radical (unpaired) electrons. The Morgan fingerprint density at radius 1 is 1.14 bits per heavy atom. The smallest absolute Gasteiger partial charge is 0.253 e. The molecule has 1 aromatic carbocycles. The minimum absolute atomic E-state index is 0. The van der Waals surface area contributed by atoms with Gasteiger partial charge in [0, 0.05) is 29.7 Å². The van der Waals surface area contributed by atoms with Crippen LogP contribution in [0.4, 0.5) is 0 Å². The molecule has 1 fully saturated rings. The molecule has 0 unspecified atom stereocenters. The maximum absolute atomic E-state index is 12.6. The van der Waals surface area contributed by atoms with E-state index in [0.717, 1.165) is 12.8 Å². The predicted molar refractivity (Wildman–Crippen MR) is 90.5 cm³/mol. The monoisotopic (exact) mass is 330 g/mol. The lowest BCUT2D eigenvalue weighted by Gasteiger charge is -2.41. The van der Waals surface area contributed by atoms with E-state index in [-0.39, 0.29) is 24.4 Å². The van der Waals surface area contributed by atoms with Crippen molar-refractivity contribution in [2.24, 2.45) is 0 Å². The van der Waals surface area contributed by atoms with E-state index in [1.165, 1.54) is 12.8 Å². The van der Waals surface area contributed by atoms with Crippen molar-refractivity contribution in [2.75, 3.05) is 21.1 Å². The molecule has 118 valence electrons. The van der Waals surface area contributed by atoms with Crippen LogP contribution >= 0.6 is 24.0 Å². The number of halogens is 2. The highest BCUT2D eigenvalue weighted by atomic mass is 35.5. The van der Waals surface area contributed by atoms with Crippen LogP contribution in [0.5, 0.6) is 0 Å². The van der Waals surface area contributed by atoms with Gasteiger partial charge in [-0.1, -0.05) is 30.5 Å². The summed E-state index contributed by atoms with van der Waals surface area (Å²) in [5.41, 5.74) is 0.670. The van der Waals surface area contributed by atoms with Gasteiger partial charge in [-0.3, -0.25) is 4.79 Å². The molecule has 0 heterocycles. The Hall–Kier alpha value is -0.770. The highest BCUT2D eigenvalue weighted by Gasteiger charge is 2.32. The number of carbonyl (C=O) groups excluding carboxylic acids is 1. The van der Waals surface area contributed by atoms with E-state index in [2.05, 4.69) is 19.0 Å². The van der Waals surface area contributed by atoms with E-state index < -0.39 is 0 Å². The zero-order valence-electron chi connectivity index (χ0n) is 12.9. The standard InChI is InChI=1S/C16H23ClN2O.ClH/c1-18(2)14-9-4-5-10-15(14)19(3)16(20)12-7-6-8-13(17)11-12;/h6-8,11,14-15H,4-5,9-10H2,1-3H3;1H/t14-,15-;/m1./s1. The van der Waals surface area contributed by atoms with Crippen LogP contribution in [-0.4, -0.2) is 48.9 Å². The molecule has 21 heavy (non-hydrogen) atoms. The largest absolute Gasteiger partial charge is 0.337 e. The molecule has 1 aromatic rings. The van der Waals surface area contributed by atoms with Gasteiger partial charge in [0.1, 0.15) is 0 Å². The molecule has 2 atom stereocenters. The van der Waals surface area contributed by atoms with Crippen molar-refractivity contribution in [3.8, 4) is 0 Å².